The van der Waals surface area contributed by atoms with Gasteiger partial charge in [0, 0.05) is 11.6 Å². The number of rotatable bonds is 7. The second-order valence-corrected chi connectivity index (χ2v) is 4.68. The van der Waals surface area contributed by atoms with Gasteiger partial charge in [0.2, 0.25) is 0 Å². The first-order valence-electron chi connectivity index (χ1n) is 6.73. The van der Waals surface area contributed by atoms with Gasteiger partial charge in [-0.15, -0.1) is 0 Å². The molecule has 1 aromatic rings. The fourth-order valence-electron chi connectivity index (χ4n) is 1.94. The molecule has 0 bridgehead atoms. The van der Waals surface area contributed by atoms with Gasteiger partial charge in [-0.3, -0.25) is 0 Å². The van der Waals surface area contributed by atoms with Gasteiger partial charge in [0.1, 0.15) is 5.75 Å². The van der Waals surface area contributed by atoms with Crippen molar-refractivity contribution in [1.29, 1.82) is 0 Å². The average Bonchev–Trinajstić information content (AvgIpc) is 2.43. The molecule has 1 rings (SSSR count). The topological polar surface area (TPSA) is 67.5 Å². The van der Waals surface area contributed by atoms with Gasteiger partial charge in [-0.2, -0.15) is 13.2 Å². The first-order valence-corrected chi connectivity index (χ1v) is 6.73. The van der Waals surface area contributed by atoms with Gasteiger partial charge in [-0.1, -0.05) is 0 Å². The van der Waals surface area contributed by atoms with E-state index in [-0.39, 0.29) is 17.9 Å². The van der Waals surface area contributed by atoms with Gasteiger partial charge in [0.25, 0.3) is 0 Å². The molecule has 0 aliphatic rings. The minimum absolute atomic E-state index is 0.0651. The van der Waals surface area contributed by atoms with E-state index in [1.165, 1.54) is 6.07 Å². The van der Waals surface area contributed by atoms with E-state index in [4.69, 9.17) is 10.5 Å². The highest BCUT2D eigenvalue weighted by Crippen LogP contribution is 2.35. The van der Waals surface area contributed by atoms with Crippen LogP contribution in [0, 0.1) is 0 Å². The van der Waals surface area contributed by atoms with Crippen LogP contribution in [0.1, 0.15) is 30.6 Å². The Bertz CT molecular complexity index is 452. The highest BCUT2D eigenvalue weighted by molar-refractivity contribution is 5.40. The number of alkyl halides is 3. The van der Waals surface area contributed by atoms with Crippen molar-refractivity contribution >= 4 is 0 Å². The highest BCUT2D eigenvalue weighted by Gasteiger charge is 2.32. The summed E-state index contributed by atoms with van der Waals surface area (Å²) in [5.41, 5.74) is 5.07. The van der Waals surface area contributed by atoms with Gasteiger partial charge in [-0.25, -0.2) is 0 Å². The third-order valence-electron chi connectivity index (χ3n) is 3.09. The summed E-state index contributed by atoms with van der Waals surface area (Å²) >= 11 is 0. The van der Waals surface area contributed by atoms with Gasteiger partial charge in [0.15, 0.2) is 0 Å². The van der Waals surface area contributed by atoms with Crippen molar-refractivity contribution in [2.24, 2.45) is 5.73 Å². The Morgan fingerprint density at radius 1 is 1.38 bits per heavy atom. The number of nitrogens with one attached hydrogen (secondary N) is 1. The van der Waals surface area contributed by atoms with E-state index < -0.39 is 23.9 Å². The lowest BCUT2D eigenvalue weighted by molar-refractivity contribution is -0.137. The van der Waals surface area contributed by atoms with E-state index in [2.05, 4.69) is 5.32 Å². The molecule has 0 aromatic heterocycles. The third kappa shape index (κ3) is 4.87. The van der Waals surface area contributed by atoms with Crippen molar-refractivity contribution in [3.05, 3.63) is 29.3 Å². The number of aliphatic hydroxyl groups is 1. The molecule has 2 atom stereocenters. The Morgan fingerprint density at radius 3 is 2.57 bits per heavy atom. The van der Waals surface area contributed by atoms with Crippen LogP contribution >= 0.6 is 0 Å². The second kappa shape index (κ2) is 7.63. The zero-order valence-corrected chi connectivity index (χ0v) is 12.1. The van der Waals surface area contributed by atoms with Gasteiger partial charge in [-0.05, 0) is 45.1 Å². The molecule has 0 aliphatic carbocycles. The van der Waals surface area contributed by atoms with E-state index >= 15 is 0 Å². The molecule has 0 radical (unpaired) electrons. The van der Waals surface area contributed by atoms with Crippen LogP contribution in [0.3, 0.4) is 0 Å². The van der Waals surface area contributed by atoms with Crippen LogP contribution in [0.15, 0.2) is 18.2 Å². The maximum atomic E-state index is 12.8. The molecule has 120 valence electrons. The summed E-state index contributed by atoms with van der Waals surface area (Å²) in [6.45, 7) is 2.56. The average molecular weight is 306 g/mol. The van der Waals surface area contributed by atoms with Crippen molar-refractivity contribution in [2.75, 3.05) is 20.2 Å². The molecule has 0 spiro atoms. The molecule has 21 heavy (non-hydrogen) atoms. The number of benzene rings is 1. The van der Waals surface area contributed by atoms with Crippen molar-refractivity contribution in [1.82, 2.24) is 5.32 Å². The quantitative estimate of drug-likeness (QED) is 0.721. The summed E-state index contributed by atoms with van der Waals surface area (Å²) in [5.74, 6) is 0.220. The molecule has 1 aromatic carbocycles. The summed E-state index contributed by atoms with van der Waals surface area (Å²) in [6, 6.07) is 2.37. The SMILES string of the molecule is CCOc1ccc(C(F)(F)F)cc1C(O)C(N)CCNC. The van der Waals surface area contributed by atoms with E-state index in [0.29, 0.717) is 13.0 Å². The molecule has 7 heteroatoms. The number of hydrogen-bond acceptors (Lipinski definition) is 4. The molecular weight excluding hydrogens is 285 g/mol. The molecule has 4 nitrogen and oxygen atoms in total. The fourth-order valence-corrected chi connectivity index (χ4v) is 1.94. The van der Waals surface area contributed by atoms with Gasteiger partial charge in [0.05, 0.1) is 18.3 Å². The predicted octanol–water partition coefficient (Wildman–Crippen LogP) is 2.07. The van der Waals surface area contributed by atoms with Gasteiger partial charge < -0.3 is 20.9 Å². The Balaban J connectivity index is 3.10. The zero-order valence-electron chi connectivity index (χ0n) is 12.1. The van der Waals surface area contributed by atoms with E-state index in [1.807, 2.05) is 0 Å². The lowest BCUT2D eigenvalue weighted by Crippen LogP contribution is -2.32. The zero-order chi connectivity index (χ0) is 16.0. The lowest BCUT2D eigenvalue weighted by atomic mass is 9.97. The first kappa shape index (κ1) is 17.7. The first-order chi connectivity index (χ1) is 9.81. The highest BCUT2D eigenvalue weighted by atomic mass is 19.4. The Hall–Kier alpha value is -1.31. The van der Waals surface area contributed by atoms with Crippen LogP contribution in [0.4, 0.5) is 13.2 Å². The standard InChI is InChI=1S/C14H21F3N2O2/c1-3-21-12-5-4-9(14(15,16)17)8-10(12)13(20)11(18)6-7-19-2/h4-5,8,11,13,19-20H,3,6-7,18H2,1-2H3. The summed E-state index contributed by atoms with van der Waals surface area (Å²) in [6.07, 6.45) is -5.27. The summed E-state index contributed by atoms with van der Waals surface area (Å²) in [7, 11) is 1.73. The molecule has 0 amide bonds. The maximum Gasteiger partial charge on any atom is 0.416 e. The van der Waals surface area contributed by atoms with Crippen LogP contribution in [0.5, 0.6) is 5.75 Å². The summed E-state index contributed by atoms with van der Waals surface area (Å²) < 4.78 is 43.6. The third-order valence-corrected chi connectivity index (χ3v) is 3.09. The number of nitrogens with two attached hydrogens (primary N) is 1. The molecule has 4 N–H and O–H groups in total. The molecule has 2 unspecified atom stereocenters. The van der Waals surface area contributed by atoms with Crippen molar-refractivity contribution < 1.29 is 23.0 Å². The minimum Gasteiger partial charge on any atom is -0.493 e. The number of aliphatic hydroxyl groups excluding tert-OH is 1. The lowest BCUT2D eigenvalue weighted by Gasteiger charge is -2.22. The van der Waals surface area contributed by atoms with Crippen LogP contribution in [0.25, 0.3) is 0 Å². The largest absolute Gasteiger partial charge is 0.493 e. The fraction of sp³-hybridized carbons (Fsp3) is 0.571. The Kier molecular flexibility index (Phi) is 6.44. The molecule has 0 aliphatic heterocycles. The molecule has 0 heterocycles. The number of halogens is 3. The van der Waals surface area contributed by atoms with Gasteiger partial charge >= 0.3 is 6.18 Å². The monoisotopic (exact) mass is 306 g/mol. The second-order valence-electron chi connectivity index (χ2n) is 4.68. The number of hydrogen-bond donors (Lipinski definition) is 3. The molecular formula is C14H21F3N2O2. The van der Waals surface area contributed by atoms with E-state index in [1.54, 1.807) is 14.0 Å². The van der Waals surface area contributed by atoms with Crippen molar-refractivity contribution in [2.45, 2.75) is 31.7 Å². The summed E-state index contributed by atoms with van der Waals surface area (Å²) in [4.78, 5) is 0. The Labute approximate surface area is 122 Å². The van der Waals surface area contributed by atoms with Crippen LogP contribution in [-0.2, 0) is 6.18 Å². The minimum atomic E-state index is -4.48. The summed E-state index contributed by atoms with van der Waals surface area (Å²) in [5, 5.41) is 13.1. The normalized spacial score (nSPS) is 14.8. The number of ether oxygens (including phenoxy) is 1. The Morgan fingerprint density at radius 2 is 2.05 bits per heavy atom. The van der Waals surface area contributed by atoms with E-state index in [0.717, 1.165) is 12.1 Å². The van der Waals surface area contributed by atoms with E-state index in [9.17, 15) is 18.3 Å². The molecule has 0 saturated carbocycles. The van der Waals surface area contributed by atoms with Crippen LogP contribution in [0.2, 0.25) is 0 Å². The van der Waals surface area contributed by atoms with Crippen molar-refractivity contribution in [3.8, 4) is 5.75 Å². The predicted molar refractivity (Wildman–Crippen MR) is 74.1 cm³/mol. The molecule has 0 saturated heterocycles. The smallest absolute Gasteiger partial charge is 0.416 e. The maximum absolute atomic E-state index is 12.8. The van der Waals surface area contributed by atoms with Crippen LogP contribution in [-0.4, -0.2) is 31.3 Å². The van der Waals surface area contributed by atoms with Crippen LogP contribution < -0.4 is 15.8 Å². The van der Waals surface area contributed by atoms with Crippen molar-refractivity contribution in [3.63, 3.8) is 0 Å². The molecule has 0 fully saturated rings.